The van der Waals surface area contributed by atoms with E-state index in [0.29, 0.717) is 44.6 Å². The van der Waals surface area contributed by atoms with Crippen LogP contribution in [0.4, 0.5) is 4.39 Å². The maximum atomic E-state index is 13.9. The number of nitrogens with zero attached hydrogens (tertiary/aromatic N) is 3. The van der Waals surface area contributed by atoms with Crippen molar-refractivity contribution < 1.29 is 18.7 Å². The summed E-state index contributed by atoms with van der Waals surface area (Å²) in [5.74, 6) is 1.06. The summed E-state index contributed by atoms with van der Waals surface area (Å²) in [7, 11) is 3.08. The zero-order valence-electron chi connectivity index (χ0n) is 21.3. The Labute approximate surface area is 224 Å². The molecule has 3 aromatic carbocycles. The van der Waals surface area contributed by atoms with E-state index in [0.717, 1.165) is 37.9 Å². The quantitative estimate of drug-likeness (QED) is 0.232. The fraction of sp³-hybridized carbons (Fsp3) is 0.276. The maximum Gasteiger partial charge on any atom is 0.266 e. The first kappa shape index (κ1) is 25.8. The molecule has 0 N–H and O–H groups in total. The van der Waals surface area contributed by atoms with E-state index in [2.05, 4.69) is 0 Å². The molecule has 38 heavy (non-hydrogen) atoms. The van der Waals surface area contributed by atoms with Crippen LogP contribution in [0, 0.1) is 5.82 Å². The van der Waals surface area contributed by atoms with E-state index in [1.165, 1.54) is 28.5 Å². The lowest BCUT2D eigenvalue weighted by Crippen LogP contribution is -2.35. The van der Waals surface area contributed by atoms with Crippen LogP contribution in [0.15, 0.2) is 70.6 Å². The summed E-state index contributed by atoms with van der Waals surface area (Å²) >= 11 is 1.31. The number of methoxy groups -OCH3 is 2. The van der Waals surface area contributed by atoms with E-state index < -0.39 is 0 Å². The number of likely N-dealkylation sites (tertiary alicyclic amines) is 1. The predicted octanol–water partition coefficient (Wildman–Crippen LogP) is 5.46. The van der Waals surface area contributed by atoms with E-state index in [1.807, 2.05) is 11.0 Å². The third-order valence-electron chi connectivity index (χ3n) is 6.58. The zero-order valence-corrected chi connectivity index (χ0v) is 22.1. The number of piperidine rings is 1. The monoisotopic (exact) mass is 533 g/mol. The number of fused-ring (bicyclic) bond motifs is 1. The van der Waals surface area contributed by atoms with Crippen LogP contribution in [0.3, 0.4) is 0 Å². The van der Waals surface area contributed by atoms with Crippen LogP contribution < -0.4 is 15.0 Å². The van der Waals surface area contributed by atoms with Gasteiger partial charge in [0.15, 0.2) is 5.16 Å². The lowest BCUT2D eigenvalue weighted by atomic mass is 10.1. The van der Waals surface area contributed by atoms with E-state index in [-0.39, 0.29) is 17.3 Å². The van der Waals surface area contributed by atoms with Crippen molar-refractivity contribution in [1.29, 1.82) is 0 Å². The smallest absolute Gasteiger partial charge is 0.266 e. The Balaban J connectivity index is 1.62. The molecule has 1 amide bonds. The standard InChI is InChI=1S/C29H28FN3O4S/c1-36-23-15-22(16-24(17-23)37-2)33-28(35)25-10-9-20(27(34)32-11-4-3-5-12-32)14-26(25)31-29(33)38-18-19-7-6-8-21(30)13-19/h6-10,13-17H,3-5,11-12,18H2,1-2H3. The topological polar surface area (TPSA) is 73.7 Å². The van der Waals surface area contributed by atoms with Crippen molar-refractivity contribution in [3.8, 4) is 17.2 Å². The predicted molar refractivity (Wildman–Crippen MR) is 146 cm³/mol. The van der Waals surface area contributed by atoms with Crippen molar-refractivity contribution in [2.75, 3.05) is 27.3 Å². The number of aromatic nitrogens is 2. The molecule has 5 rings (SSSR count). The number of ether oxygens (including phenoxy) is 2. The van der Waals surface area contributed by atoms with Gasteiger partial charge in [0, 0.05) is 42.6 Å². The van der Waals surface area contributed by atoms with Crippen molar-refractivity contribution in [3.05, 3.63) is 88.0 Å². The molecule has 0 unspecified atom stereocenters. The van der Waals surface area contributed by atoms with Crippen molar-refractivity contribution in [2.24, 2.45) is 0 Å². The summed E-state index contributed by atoms with van der Waals surface area (Å²) in [4.78, 5) is 33.7. The van der Waals surface area contributed by atoms with Gasteiger partial charge in [0.1, 0.15) is 17.3 Å². The highest BCUT2D eigenvalue weighted by Crippen LogP contribution is 2.30. The summed E-state index contributed by atoms with van der Waals surface area (Å²) in [5, 5.41) is 0.793. The highest BCUT2D eigenvalue weighted by molar-refractivity contribution is 7.98. The number of thioether (sulfide) groups is 1. The summed E-state index contributed by atoms with van der Waals surface area (Å²) in [6.07, 6.45) is 3.11. The molecule has 1 aromatic heterocycles. The molecule has 0 atom stereocenters. The first-order valence-corrected chi connectivity index (χ1v) is 13.4. The number of amides is 1. The molecule has 0 saturated carbocycles. The van der Waals surface area contributed by atoms with Crippen LogP contribution in [0.2, 0.25) is 0 Å². The summed E-state index contributed by atoms with van der Waals surface area (Å²) in [6.45, 7) is 1.47. The Hall–Kier alpha value is -3.85. The van der Waals surface area contributed by atoms with Gasteiger partial charge in [0.2, 0.25) is 0 Å². The lowest BCUT2D eigenvalue weighted by molar-refractivity contribution is 0.0724. The van der Waals surface area contributed by atoms with Gasteiger partial charge in [-0.15, -0.1) is 0 Å². The van der Waals surface area contributed by atoms with Crippen molar-refractivity contribution >= 4 is 28.6 Å². The van der Waals surface area contributed by atoms with Crippen molar-refractivity contribution in [3.63, 3.8) is 0 Å². The summed E-state index contributed by atoms with van der Waals surface area (Å²) < 4.78 is 26.2. The van der Waals surface area contributed by atoms with Gasteiger partial charge in [-0.25, -0.2) is 9.37 Å². The van der Waals surface area contributed by atoms with Crippen LogP contribution in [0.25, 0.3) is 16.6 Å². The van der Waals surface area contributed by atoms with Gasteiger partial charge in [-0.05, 0) is 55.2 Å². The molecule has 9 heteroatoms. The number of carbonyl (C=O) groups excluding carboxylic acids is 1. The number of hydrogen-bond acceptors (Lipinski definition) is 6. The molecule has 0 spiro atoms. The fourth-order valence-corrected chi connectivity index (χ4v) is 5.55. The SMILES string of the molecule is COc1cc(OC)cc(-n2c(SCc3cccc(F)c3)nc3cc(C(=O)N4CCCCC4)ccc3c2=O)c1. The second-order valence-electron chi connectivity index (χ2n) is 9.11. The maximum absolute atomic E-state index is 13.9. The third kappa shape index (κ3) is 5.38. The van der Waals surface area contributed by atoms with Crippen molar-refractivity contribution in [2.45, 2.75) is 30.2 Å². The average Bonchev–Trinajstić information content (AvgIpc) is 2.95. The van der Waals surface area contributed by atoms with Crippen LogP contribution in [-0.2, 0) is 5.75 Å². The Morgan fingerprint density at radius 1 is 0.974 bits per heavy atom. The fourth-order valence-electron chi connectivity index (χ4n) is 4.60. The molecule has 1 aliphatic heterocycles. The molecule has 0 aliphatic carbocycles. The number of carbonyl (C=O) groups is 1. The lowest BCUT2D eigenvalue weighted by Gasteiger charge is -2.26. The normalized spacial score (nSPS) is 13.5. The molecular formula is C29H28FN3O4S. The average molecular weight is 534 g/mol. The highest BCUT2D eigenvalue weighted by Gasteiger charge is 2.21. The minimum absolute atomic E-state index is 0.0518. The second-order valence-corrected chi connectivity index (χ2v) is 10.1. The summed E-state index contributed by atoms with van der Waals surface area (Å²) in [5.41, 5.74) is 1.94. The molecule has 0 bridgehead atoms. The molecule has 2 heterocycles. The second kappa shape index (κ2) is 11.3. The van der Waals surface area contributed by atoms with Crippen LogP contribution in [0.5, 0.6) is 11.5 Å². The summed E-state index contributed by atoms with van der Waals surface area (Å²) in [6, 6.07) is 16.6. The van der Waals surface area contributed by atoms with E-state index in [4.69, 9.17) is 14.5 Å². The molecule has 4 aromatic rings. The van der Waals surface area contributed by atoms with Gasteiger partial charge < -0.3 is 14.4 Å². The molecule has 1 aliphatic rings. The zero-order chi connectivity index (χ0) is 26.6. The minimum atomic E-state index is -0.328. The first-order valence-electron chi connectivity index (χ1n) is 12.4. The van der Waals surface area contributed by atoms with E-state index >= 15 is 0 Å². The molecule has 1 saturated heterocycles. The van der Waals surface area contributed by atoms with Gasteiger partial charge in [-0.3, -0.25) is 14.2 Å². The minimum Gasteiger partial charge on any atom is -0.497 e. The molecule has 0 radical (unpaired) electrons. The number of rotatable bonds is 7. The van der Waals surface area contributed by atoms with E-state index in [9.17, 15) is 14.0 Å². The van der Waals surface area contributed by atoms with Crippen molar-refractivity contribution in [1.82, 2.24) is 14.5 Å². The van der Waals surface area contributed by atoms with Gasteiger partial charge in [0.05, 0.1) is 30.8 Å². The number of benzene rings is 3. The number of halogens is 1. The van der Waals surface area contributed by atoms with E-state index in [1.54, 1.807) is 56.7 Å². The van der Waals surface area contributed by atoms with Crippen LogP contribution in [-0.4, -0.2) is 47.7 Å². The van der Waals surface area contributed by atoms with Gasteiger partial charge in [0.25, 0.3) is 11.5 Å². The van der Waals surface area contributed by atoms with Gasteiger partial charge in [-0.2, -0.15) is 0 Å². The molecule has 7 nitrogen and oxygen atoms in total. The number of hydrogen-bond donors (Lipinski definition) is 0. The largest absolute Gasteiger partial charge is 0.497 e. The Morgan fingerprint density at radius 3 is 2.39 bits per heavy atom. The molecule has 196 valence electrons. The van der Waals surface area contributed by atoms with Gasteiger partial charge in [-0.1, -0.05) is 23.9 Å². The first-order chi connectivity index (χ1) is 18.5. The Morgan fingerprint density at radius 2 is 1.71 bits per heavy atom. The van der Waals surface area contributed by atoms with Crippen LogP contribution in [0.1, 0.15) is 35.2 Å². The Kier molecular flexibility index (Phi) is 7.64. The van der Waals surface area contributed by atoms with Crippen LogP contribution >= 0.6 is 11.8 Å². The van der Waals surface area contributed by atoms with Gasteiger partial charge >= 0.3 is 0 Å². The molecule has 1 fully saturated rings. The Bertz CT molecular complexity index is 1530. The molecular weight excluding hydrogens is 505 g/mol. The highest BCUT2D eigenvalue weighted by atomic mass is 32.2. The third-order valence-corrected chi connectivity index (χ3v) is 7.59.